The summed E-state index contributed by atoms with van der Waals surface area (Å²) in [6.45, 7) is 1.26. The first-order valence-corrected chi connectivity index (χ1v) is 7.99. The van der Waals surface area contributed by atoms with Crippen molar-refractivity contribution in [3.8, 4) is 0 Å². The maximum absolute atomic E-state index is 13.6. The average molecular weight is 325 g/mol. The van der Waals surface area contributed by atoms with Gasteiger partial charge in [-0.25, -0.2) is 13.6 Å². The van der Waals surface area contributed by atoms with Crippen LogP contribution in [0.25, 0.3) is 0 Å². The molecule has 1 aromatic carbocycles. The molecule has 126 valence electrons. The number of rotatable bonds is 4. The number of ether oxygens (including phenoxy) is 1. The minimum atomic E-state index is -2.84. The van der Waals surface area contributed by atoms with Gasteiger partial charge in [-0.05, 0) is 24.9 Å². The van der Waals surface area contributed by atoms with Crippen LogP contribution in [0.2, 0.25) is 0 Å². The molecular formula is C17H21F2NO3. The molecule has 0 unspecified atom stereocenters. The zero-order valence-electron chi connectivity index (χ0n) is 12.8. The Balaban J connectivity index is 1.88. The number of hydrogen-bond acceptors (Lipinski definition) is 4. The highest BCUT2D eigenvalue weighted by molar-refractivity contribution is 5.82. The van der Waals surface area contributed by atoms with E-state index >= 15 is 0 Å². The molecule has 2 fully saturated rings. The van der Waals surface area contributed by atoms with E-state index in [0.29, 0.717) is 18.5 Å². The summed E-state index contributed by atoms with van der Waals surface area (Å²) in [6, 6.07) is 8.28. The summed E-state index contributed by atoms with van der Waals surface area (Å²) in [5.41, 5.74) is -1.71. The van der Waals surface area contributed by atoms with Crippen molar-refractivity contribution >= 4 is 5.97 Å². The lowest BCUT2D eigenvalue weighted by molar-refractivity contribution is -0.179. The number of alkyl halides is 2. The van der Waals surface area contributed by atoms with Gasteiger partial charge < -0.3 is 15.2 Å². The second kappa shape index (κ2) is 6.17. The van der Waals surface area contributed by atoms with Crippen LogP contribution in [-0.4, -0.2) is 36.2 Å². The van der Waals surface area contributed by atoms with Crippen LogP contribution in [0, 0.1) is 5.92 Å². The molecule has 3 atom stereocenters. The molecule has 0 amide bonds. The molecule has 2 aliphatic rings. The Hall–Kier alpha value is -1.53. The van der Waals surface area contributed by atoms with Crippen molar-refractivity contribution < 1.29 is 23.4 Å². The van der Waals surface area contributed by atoms with E-state index in [2.05, 4.69) is 5.32 Å². The molecule has 2 N–H and O–H groups in total. The third-order valence-electron chi connectivity index (χ3n) is 4.81. The first-order valence-electron chi connectivity index (χ1n) is 7.99. The second-order valence-corrected chi connectivity index (χ2v) is 6.45. The number of nitrogens with one attached hydrogen (secondary N) is 1. The Morgan fingerprint density at radius 2 is 2.04 bits per heavy atom. The molecule has 1 saturated heterocycles. The fraction of sp³-hybridized carbons (Fsp3) is 0.588. The molecule has 0 aromatic heterocycles. The summed E-state index contributed by atoms with van der Waals surface area (Å²) >= 11 is 0. The topological polar surface area (TPSA) is 58.6 Å². The molecule has 0 radical (unpaired) electrons. The minimum absolute atomic E-state index is 0.0937. The zero-order chi connectivity index (χ0) is 16.5. The maximum Gasteiger partial charge on any atom is 0.343 e. The average Bonchev–Trinajstić information content (AvgIpc) is 3.16. The van der Waals surface area contributed by atoms with Crippen LogP contribution in [0.4, 0.5) is 8.78 Å². The molecule has 4 nitrogen and oxygen atoms in total. The molecule has 1 aliphatic heterocycles. The number of aliphatic hydroxyl groups is 1. The molecule has 6 heteroatoms. The van der Waals surface area contributed by atoms with Gasteiger partial charge in [0.2, 0.25) is 5.92 Å². The van der Waals surface area contributed by atoms with E-state index < -0.39 is 29.8 Å². The Morgan fingerprint density at radius 3 is 2.61 bits per heavy atom. The van der Waals surface area contributed by atoms with Crippen molar-refractivity contribution in [2.75, 3.05) is 13.1 Å². The SMILES string of the molecule is O=C(O[C@H]1CCNC1)[C@](O)(c1ccccc1)[C@@H]1CCC(F)(F)C1. The van der Waals surface area contributed by atoms with Crippen molar-refractivity contribution in [1.29, 1.82) is 0 Å². The fourth-order valence-electron chi connectivity index (χ4n) is 3.49. The fourth-order valence-corrected chi connectivity index (χ4v) is 3.49. The smallest absolute Gasteiger partial charge is 0.343 e. The van der Waals surface area contributed by atoms with Crippen molar-refractivity contribution in [3.63, 3.8) is 0 Å². The van der Waals surface area contributed by atoms with E-state index in [1.807, 2.05) is 0 Å². The van der Waals surface area contributed by atoms with Crippen molar-refractivity contribution in [2.45, 2.75) is 43.3 Å². The third-order valence-corrected chi connectivity index (χ3v) is 4.81. The predicted molar refractivity (Wildman–Crippen MR) is 80.0 cm³/mol. The molecular weight excluding hydrogens is 304 g/mol. The summed E-state index contributed by atoms with van der Waals surface area (Å²) in [5, 5.41) is 14.2. The maximum atomic E-state index is 13.6. The van der Waals surface area contributed by atoms with Crippen LogP contribution in [0.15, 0.2) is 30.3 Å². The lowest BCUT2D eigenvalue weighted by Crippen LogP contribution is -2.45. The number of halogens is 2. The second-order valence-electron chi connectivity index (χ2n) is 6.45. The first-order chi connectivity index (χ1) is 10.9. The van der Waals surface area contributed by atoms with E-state index in [-0.39, 0.29) is 18.9 Å². The Morgan fingerprint density at radius 1 is 1.30 bits per heavy atom. The normalized spacial score (nSPS) is 29.2. The van der Waals surface area contributed by atoms with Crippen molar-refractivity contribution in [3.05, 3.63) is 35.9 Å². The summed E-state index contributed by atoms with van der Waals surface area (Å²) in [4.78, 5) is 12.7. The number of carbonyl (C=O) groups is 1. The first kappa shape index (κ1) is 16.3. The van der Waals surface area contributed by atoms with Gasteiger partial charge in [-0.1, -0.05) is 30.3 Å². The lowest BCUT2D eigenvalue weighted by atomic mass is 9.80. The number of carbonyl (C=O) groups excluding carboxylic acids is 1. The highest BCUT2D eigenvalue weighted by Gasteiger charge is 2.54. The van der Waals surface area contributed by atoms with Gasteiger partial charge in [0.05, 0.1) is 0 Å². The molecule has 1 aromatic rings. The van der Waals surface area contributed by atoms with Crippen LogP contribution in [0.1, 0.15) is 31.2 Å². The minimum Gasteiger partial charge on any atom is -0.459 e. The van der Waals surface area contributed by atoms with Crippen molar-refractivity contribution in [1.82, 2.24) is 5.32 Å². The molecule has 1 aliphatic carbocycles. The molecule has 3 rings (SSSR count). The van der Waals surface area contributed by atoms with E-state index in [0.717, 1.165) is 6.54 Å². The van der Waals surface area contributed by atoms with Crippen LogP contribution in [-0.2, 0) is 15.1 Å². The van der Waals surface area contributed by atoms with E-state index in [1.54, 1.807) is 30.3 Å². The van der Waals surface area contributed by atoms with Gasteiger partial charge in [0, 0.05) is 25.3 Å². The van der Waals surface area contributed by atoms with E-state index in [9.17, 15) is 18.7 Å². The van der Waals surface area contributed by atoms with Gasteiger partial charge in [-0.3, -0.25) is 0 Å². The van der Waals surface area contributed by atoms with E-state index in [4.69, 9.17) is 4.74 Å². The Labute approximate surface area is 133 Å². The van der Waals surface area contributed by atoms with Gasteiger partial charge in [0.1, 0.15) is 6.10 Å². The third kappa shape index (κ3) is 3.23. The van der Waals surface area contributed by atoms with Gasteiger partial charge in [-0.15, -0.1) is 0 Å². The van der Waals surface area contributed by atoms with Crippen LogP contribution in [0.5, 0.6) is 0 Å². The van der Waals surface area contributed by atoms with Crippen LogP contribution < -0.4 is 5.32 Å². The van der Waals surface area contributed by atoms with Crippen molar-refractivity contribution in [2.24, 2.45) is 5.92 Å². The van der Waals surface area contributed by atoms with Gasteiger partial charge in [0.15, 0.2) is 5.60 Å². The molecule has 1 heterocycles. The largest absolute Gasteiger partial charge is 0.459 e. The van der Waals surface area contributed by atoms with Gasteiger partial charge >= 0.3 is 5.97 Å². The number of hydrogen-bond donors (Lipinski definition) is 2. The number of esters is 1. The Bertz CT molecular complexity index is 560. The quantitative estimate of drug-likeness (QED) is 0.834. The van der Waals surface area contributed by atoms with Gasteiger partial charge in [0.25, 0.3) is 0 Å². The molecule has 0 spiro atoms. The van der Waals surface area contributed by atoms with Crippen LogP contribution in [0.3, 0.4) is 0 Å². The summed E-state index contributed by atoms with van der Waals surface area (Å²) in [7, 11) is 0. The monoisotopic (exact) mass is 325 g/mol. The summed E-state index contributed by atoms with van der Waals surface area (Å²) < 4.78 is 32.7. The molecule has 0 bridgehead atoms. The predicted octanol–water partition coefficient (Wildman–Crippen LogP) is 2.21. The highest BCUT2D eigenvalue weighted by Crippen LogP contribution is 2.48. The zero-order valence-corrected chi connectivity index (χ0v) is 12.8. The highest BCUT2D eigenvalue weighted by atomic mass is 19.3. The number of benzene rings is 1. The summed E-state index contributed by atoms with van der Waals surface area (Å²) in [6.07, 6.45) is -0.380. The summed E-state index contributed by atoms with van der Waals surface area (Å²) in [5.74, 6) is -4.51. The lowest BCUT2D eigenvalue weighted by Gasteiger charge is -2.33. The molecule has 1 saturated carbocycles. The van der Waals surface area contributed by atoms with Gasteiger partial charge in [-0.2, -0.15) is 0 Å². The van der Waals surface area contributed by atoms with Crippen LogP contribution >= 0.6 is 0 Å². The molecule has 23 heavy (non-hydrogen) atoms. The standard InChI is InChI=1S/C17H21F2NO3/c18-16(19)8-6-13(10-16)17(22,12-4-2-1-3-5-12)15(21)23-14-7-9-20-11-14/h1-5,13-14,20,22H,6-11H2/t13-,14+,17+/m1/s1. The van der Waals surface area contributed by atoms with E-state index in [1.165, 1.54) is 0 Å². The Kier molecular flexibility index (Phi) is 4.38.